The number of benzene rings is 2. The summed E-state index contributed by atoms with van der Waals surface area (Å²) >= 11 is 12.2. The van der Waals surface area contributed by atoms with Crippen LogP contribution in [0.1, 0.15) is 23.9 Å². The molecule has 1 saturated heterocycles. The van der Waals surface area contributed by atoms with Gasteiger partial charge in [-0.15, -0.1) is 0 Å². The Hall–Kier alpha value is -2.83. The number of hydrogen-bond acceptors (Lipinski definition) is 4. The molecular weight excluding hydrogens is 413 g/mol. The van der Waals surface area contributed by atoms with E-state index in [9.17, 15) is 9.59 Å². The summed E-state index contributed by atoms with van der Waals surface area (Å²) in [5, 5.41) is 3.49. The Balaban J connectivity index is 1.63. The molecular formula is C21H17Cl2N3O3. The first kappa shape index (κ1) is 19.5. The molecule has 1 fully saturated rings. The van der Waals surface area contributed by atoms with Crippen molar-refractivity contribution in [2.24, 2.45) is 0 Å². The number of aryl methyl sites for hydroxylation is 1. The molecule has 3 amide bonds. The third-order valence-electron chi connectivity index (χ3n) is 4.97. The molecule has 0 radical (unpaired) electrons. The minimum Gasteiger partial charge on any atom is -0.441 e. The molecule has 3 aromatic rings. The van der Waals surface area contributed by atoms with Crippen molar-refractivity contribution in [3.8, 4) is 11.5 Å². The number of urea groups is 1. The van der Waals surface area contributed by atoms with Crippen molar-refractivity contribution < 1.29 is 14.0 Å². The molecule has 1 unspecified atom stereocenters. The molecule has 0 aliphatic carbocycles. The van der Waals surface area contributed by atoms with Crippen LogP contribution in [-0.4, -0.2) is 21.8 Å². The molecule has 1 atom stereocenters. The second-order valence-electron chi connectivity index (χ2n) is 6.96. The third-order valence-corrected chi connectivity index (χ3v) is 5.51. The Morgan fingerprint density at radius 1 is 1.14 bits per heavy atom. The lowest BCUT2D eigenvalue weighted by molar-refractivity contribution is -0.131. The van der Waals surface area contributed by atoms with Gasteiger partial charge in [-0.1, -0.05) is 47.5 Å². The van der Waals surface area contributed by atoms with Crippen molar-refractivity contribution in [3.63, 3.8) is 0 Å². The lowest BCUT2D eigenvalue weighted by Gasteiger charge is -2.23. The van der Waals surface area contributed by atoms with Crippen LogP contribution >= 0.6 is 23.2 Å². The van der Waals surface area contributed by atoms with Crippen molar-refractivity contribution in [3.05, 3.63) is 75.6 Å². The van der Waals surface area contributed by atoms with Crippen molar-refractivity contribution in [1.82, 2.24) is 15.2 Å². The van der Waals surface area contributed by atoms with E-state index in [-0.39, 0.29) is 6.54 Å². The summed E-state index contributed by atoms with van der Waals surface area (Å²) in [7, 11) is 0. The van der Waals surface area contributed by atoms with Gasteiger partial charge >= 0.3 is 6.03 Å². The first-order valence-electron chi connectivity index (χ1n) is 8.91. The normalized spacial score (nSPS) is 19.0. The van der Waals surface area contributed by atoms with E-state index in [4.69, 9.17) is 27.6 Å². The van der Waals surface area contributed by atoms with Crippen molar-refractivity contribution >= 4 is 35.1 Å². The van der Waals surface area contributed by atoms with Gasteiger partial charge in [0, 0.05) is 21.2 Å². The number of halogens is 2. The number of amides is 3. The van der Waals surface area contributed by atoms with E-state index < -0.39 is 17.5 Å². The van der Waals surface area contributed by atoms with Crippen LogP contribution in [-0.2, 0) is 16.9 Å². The highest BCUT2D eigenvalue weighted by Gasteiger charge is 2.50. The third kappa shape index (κ3) is 3.39. The number of carbonyl (C=O) groups excluding carboxylic acids is 2. The molecule has 0 saturated carbocycles. The first-order valence-corrected chi connectivity index (χ1v) is 9.66. The van der Waals surface area contributed by atoms with Crippen LogP contribution in [0.3, 0.4) is 0 Å². The highest BCUT2D eigenvalue weighted by atomic mass is 35.5. The summed E-state index contributed by atoms with van der Waals surface area (Å²) in [4.78, 5) is 31.4. The molecule has 1 N–H and O–H groups in total. The van der Waals surface area contributed by atoms with E-state index in [0.717, 1.165) is 10.5 Å². The number of oxazole rings is 1. The number of aromatic nitrogens is 1. The number of nitrogens with one attached hydrogen (secondary N) is 1. The zero-order valence-electron chi connectivity index (χ0n) is 15.7. The molecule has 4 rings (SSSR count). The van der Waals surface area contributed by atoms with Gasteiger partial charge < -0.3 is 9.73 Å². The Morgan fingerprint density at radius 2 is 1.86 bits per heavy atom. The zero-order valence-corrected chi connectivity index (χ0v) is 17.2. The summed E-state index contributed by atoms with van der Waals surface area (Å²) in [6, 6.07) is 13.7. The molecule has 2 heterocycles. The molecule has 1 aliphatic heterocycles. The van der Waals surface area contributed by atoms with Crippen molar-refractivity contribution in [2.45, 2.75) is 25.9 Å². The van der Waals surface area contributed by atoms with Crippen LogP contribution in [0.25, 0.3) is 11.5 Å². The average Bonchev–Trinajstić information content (AvgIpc) is 3.15. The van der Waals surface area contributed by atoms with Gasteiger partial charge in [0.2, 0.25) is 5.89 Å². The summed E-state index contributed by atoms with van der Waals surface area (Å²) in [6.45, 7) is 3.36. The maximum absolute atomic E-state index is 13.2. The number of rotatable bonds is 4. The van der Waals surface area contributed by atoms with E-state index in [0.29, 0.717) is 33.0 Å². The molecule has 1 aromatic heterocycles. The van der Waals surface area contributed by atoms with E-state index in [1.54, 1.807) is 32.0 Å². The predicted molar refractivity (Wildman–Crippen MR) is 110 cm³/mol. The molecule has 8 heteroatoms. The van der Waals surface area contributed by atoms with Gasteiger partial charge in [0.05, 0.1) is 6.54 Å². The highest BCUT2D eigenvalue weighted by Crippen LogP contribution is 2.35. The maximum atomic E-state index is 13.2. The standard InChI is InChI=1S/C21H17Cl2N3O3/c1-12-17(24-18(29-12)13-6-4-3-5-7-13)11-26-19(27)21(2,25-20(26)28)15-9-8-14(22)10-16(15)23/h3-10H,11H2,1-2H3,(H,25,28). The lowest BCUT2D eigenvalue weighted by atomic mass is 9.92. The minimum atomic E-state index is -1.29. The predicted octanol–water partition coefficient (Wildman–Crippen LogP) is 4.92. The fourth-order valence-electron chi connectivity index (χ4n) is 3.35. The van der Waals surface area contributed by atoms with Gasteiger partial charge in [-0.25, -0.2) is 9.78 Å². The van der Waals surface area contributed by atoms with Crippen LogP contribution in [0.2, 0.25) is 10.0 Å². The average molecular weight is 430 g/mol. The van der Waals surface area contributed by atoms with E-state index in [1.165, 1.54) is 0 Å². The van der Waals surface area contributed by atoms with Crippen LogP contribution in [0.5, 0.6) is 0 Å². The van der Waals surface area contributed by atoms with Gasteiger partial charge in [-0.3, -0.25) is 9.69 Å². The quantitative estimate of drug-likeness (QED) is 0.596. The van der Waals surface area contributed by atoms with Gasteiger partial charge in [0.1, 0.15) is 17.0 Å². The second-order valence-corrected chi connectivity index (χ2v) is 7.80. The molecule has 6 nitrogen and oxygen atoms in total. The number of imide groups is 1. The monoisotopic (exact) mass is 429 g/mol. The lowest BCUT2D eigenvalue weighted by Crippen LogP contribution is -2.41. The molecule has 2 aromatic carbocycles. The second kappa shape index (κ2) is 7.21. The highest BCUT2D eigenvalue weighted by molar-refractivity contribution is 6.35. The minimum absolute atomic E-state index is 0.00632. The zero-order chi connectivity index (χ0) is 20.8. The Bertz CT molecular complexity index is 1110. The summed E-state index contributed by atoms with van der Waals surface area (Å²) in [5.74, 6) is 0.562. The van der Waals surface area contributed by atoms with E-state index in [2.05, 4.69) is 10.3 Å². The Labute approximate surface area is 177 Å². The molecule has 29 heavy (non-hydrogen) atoms. The molecule has 1 aliphatic rings. The summed E-state index contributed by atoms with van der Waals surface area (Å²) in [5.41, 5.74) is 0.514. The van der Waals surface area contributed by atoms with Crippen molar-refractivity contribution in [1.29, 1.82) is 0 Å². The fraction of sp³-hybridized carbons (Fsp3) is 0.190. The Morgan fingerprint density at radius 3 is 2.55 bits per heavy atom. The first-order chi connectivity index (χ1) is 13.8. The smallest absolute Gasteiger partial charge is 0.325 e. The fourth-order valence-corrected chi connectivity index (χ4v) is 3.94. The van der Waals surface area contributed by atoms with Crippen molar-refractivity contribution in [2.75, 3.05) is 0 Å². The summed E-state index contributed by atoms with van der Waals surface area (Å²) < 4.78 is 5.73. The Kier molecular flexibility index (Phi) is 4.84. The van der Waals surface area contributed by atoms with Gasteiger partial charge in [-0.05, 0) is 38.1 Å². The number of hydrogen-bond donors (Lipinski definition) is 1. The van der Waals surface area contributed by atoms with Crippen LogP contribution in [0.4, 0.5) is 4.79 Å². The van der Waals surface area contributed by atoms with Crippen LogP contribution < -0.4 is 5.32 Å². The number of carbonyl (C=O) groups is 2. The molecule has 0 spiro atoms. The topological polar surface area (TPSA) is 75.4 Å². The van der Waals surface area contributed by atoms with Gasteiger partial charge in [0.25, 0.3) is 5.91 Å². The largest absolute Gasteiger partial charge is 0.441 e. The molecule has 148 valence electrons. The van der Waals surface area contributed by atoms with Crippen LogP contribution in [0, 0.1) is 6.92 Å². The van der Waals surface area contributed by atoms with E-state index in [1.807, 2.05) is 30.3 Å². The van der Waals surface area contributed by atoms with E-state index >= 15 is 0 Å². The number of nitrogens with zero attached hydrogens (tertiary/aromatic N) is 2. The maximum Gasteiger partial charge on any atom is 0.325 e. The SMILES string of the molecule is Cc1oc(-c2ccccc2)nc1CN1C(=O)NC(C)(c2ccc(Cl)cc2Cl)C1=O. The van der Waals surface area contributed by atoms with Crippen LogP contribution in [0.15, 0.2) is 52.9 Å². The summed E-state index contributed by atoms with van der Waals surface area (Å²) in [6.07, 6.45) is 0. The van der Waals surface area contributed by atoms with Gasteiger partial charge in [-0.2, -0.15) is 0 Å². The molecule has 0 bridgehead atoms. The van der Waals surface area contributed by atoms with Gasteiger partial charge in [0.15, 0.2) is 0 Å².